The van der Waals surface area contributed by atoms with Crippen molar-refractivity contribution in [1.82, 2.24) is 0 Å². The van der Waals surface area contributed by atoms with Gasteiger partial charge in [0.25, 0.3) is 0 Å². The second-order valence-electron chi connectivity index (χ2n) is 7.69. The number of carboxylic acids is 1. The van der Waals surface area contributed by atoms with Gasteiger partial charge in [-0.2, -0.15) is 0 Å². The van der Waals surface area contributed by atoms with Gasteiger partial charge in [0.1, 0.15) is 0 Å². The second kappa shape index (κ2) is 13.4. The predicted molar refractivity (Wildman–Crippen MR) is 114 cm³/mol. The Morgan fingerprint density at radius 1 is 1.41 bits per heavy atom. The Bertz CT molecular complexity index is 654. The zero-order chi connectivity index (χ0) is 21.8. The lowest BCUT2D eigenvalue weighted by molar-refractivity contribution is -0.137. The number of azide groups is 1. The van der Waals surface area contributed by atoms with Gasteiger partial charge >= 0.3 is 5.97 Å². The number of aliphatic carboxylic acids is 1. The molecule has 0 aliphatic heterocycles. The normalized spacial score (nSPS) is 27.3. The van der Waals surface area contributed by atoms with Crippen LogP contribution in [0.25, 0.3) is 10.4 Å². The quantitative estimate of drug-likeness (QED) is 0.134. The highest BCUT2D eigenvalue weighted by Crippen LogP contribution is 2.38. The van der Waals surface area contributed by atoms with Crippen molar-refractivity contribution in [2.45, 2.75) is 70.6 Å². The highest BCUT2D eigenvalue weighted by Gasteiger charge is 2.40. The van der Waals surface area contributed by atoms with Crippen LogP contribution in [0.1, 0.15) is 52.4 Å². The molecule has 0 bridgehead atoms. The minimum atomic E-state index is -0.810. The molecule has 7 nitrogen and oxygen atoms in total. The molecule has 1 fully saturated rings. The standard InChI is InChI=1S/C21H32ClN3O4/c1-14(9-10-15(2)22)19(26)12-11-17-16(18(24-25-23)13-20(17)27)7-5-3-4-6-8-21(28)29/h3,5,10-12,14,16-20,26-27H,4,6-9,13H2,1-2H3,(H,28,29)/b5-3-,12-11+,15-10-/t14?,16-,17-,18+,19-,20-/m1/s1. The van der Waals surface area contributed by atoms with E-state index in [-0.39, 0.29) is 30.2 Å². The molecule has 6 atom stereocenters. The van der Waals surface area contributed by atoms with E-state index in [1.165, 1.54) is 0 Å². The molecule has 1 saturated carbocycles. The maximum Gasteiger partial charge on any atom is 0.303 e. The first-order chi connectivity index (χ1) is 13.8. The van der Waals surface area contributed by atoms with Crippen molar-refractivity contribution in [3.8, 4) is 0 Å². The summed E-state index contributed by atoms with van der Waals surface area (Å²) in [7, 11) is 0. The van der Waals surface area contributed by atoms with Crippen LogP contribution in [0.3, 0.4) is 0 Å². The van der Waals surface area contributed by atoms with E-state index in [9.17, 15) is 15.0 Å². The molecule has 0 spiro atoms. The van der Waals surface area contributed by atoms with Crippen molar-refractivity contribution in [2.75, 3.05) is 0 Å². The minimum absolute atomic E-state index is 0.0148. The number of aliphatic hydroxyl groups excluding tert-OH is 2. The Morgan fingerprint density at radius 2 is 2.14 bits per heavy atom. The van der Waals surface area contributed by atoms with Gasteiger partial charge in [0.2, 0.25) is 0 Å². The van der Waals surface area contributed by atoms with Gasteiger partial charge in [-0.05, 0) is 56.4 Å². The fourth-order valence-corrected chi connectivity index (χ4v) is 3.66. The van der Waals surface area contributed by atoms with Gasteiger partial charge in [-0.1, -0.05) is 54.0 Å². The summed E-state index contributed by atoms with van der Waals surface area (Å²) in [6.07, 6.45) is 11.0. The summed E-state index contributed by atoms with van der Waals surface area (Å²) in [6.45, 7) is 3.72. The Hall–Kier alpha value is -1.79. The molecule has 3 N–H and O–H groups in total. The molecule has 1 rings (SSSR count). The largest absolute Gasteiger partial charge is 0.481 e. The molecule has 0 radical (unpaired) electrons. The number of hydrogen-bond acceptors (Lipinski definition) is 4. The van der Waals surface area contributed by atoms with Crippen LogP contribution in [0.15, 0.2) is 40.5 Å². The molecule has 0 aromatic rings. The van der Waals surface area contributed by atoms with Crippen LogP contribution < -0.4 is 0 Å². The van der Waals surface area contributed by atoms with E-state index >= 15 is 0 Å². The summed E-state index contributed by atoms with van der Waals surface area (Å²) < 4.78 is 0. The number of carboxylic acid groups (broad SMARTS) is 1. The van der Waals surface area contributed by atoms with Gasteiger partial charge in [0.15, 0.2) is 0 Å². The molecule has 0 saturated heterocycles. The molecule has 1 aliphatic rings. The number of carbonyl (C=O) groups is 1. The number of nitrogens with zero attached hydrogens (tertiary/aromatic N) is 3. The van der Waals surface area contributed by atoms with Crippen LogP contribution in [0.4, 0.5) is 0 Å². The topological polar surface area (TPSA) is 127 Å². The third kappa shape index (κ3) is 9.50. The molecular weight excluding hydrogens is 394 g/mol. The number of hydrogen-bond donors (Lipinski definition) is 3. The first-order valence-corrected chi connectivity index (χ1v) is 10.4. The summed E-state index contributed by atoms with van der Waals surface area (Å²) in [5.41, 5.74) is 8.83. The van der Waals surface area contributed by atoms with E-state index < -0.39 is 18.2 Å². The number of halogens is 1. The fourth-order valence-electron chi connectivity index (χ4n) is 3.57. The lowest BCUT2D eigenvalue weighted by atomic mass is 9.88. The number of rotatable bonds is 12. The van der Waals surface area contributed by atoms with E-state index in [0.29, 0.717) is 37.1 Å². The lowest BCUT2D eigenvalue weighted by Gasteiger charge is -2.21. The summed E-state index contributed by atoms with van der Waals surface area (Å²) in [5.74, 6) is -1.11. The third-order valence-electron chi connectivity index (χ3n) is 5.34. The predicted octanol–water partition coefficient (Wildman–Crippen LogP) is 4.95. The van der Waals surface area contributed by atoms with Crippen LogP contribution in [0.2, 0.25) is 0 Å². The molecule has 162 valence electrons. The van der Waals surface area contributed by atoms with Gasteiger partial charge in [-0.3, -0.25) is 4.79 Å². The maximum atomic E-state index is 10.5. The first kappa shape index (κ1) is 25.2. The van der Waals surface area contributed by atoms with Gasteiger partial charge in [0, 0.05) is 28.3 Å². The summed E-state index contributed by atoms with van der Waals surface area (Å²) in [6, 6.07) is -0.315. The minimum Gasteiger partial charge on any atom is -0.481 e. The van der Waals surface area contributed by atoms with E-state index in [0.717, 1.165) is 0 Å². The molecule has 1 unspecified atom stereocenters. The first-order valence-electron chi connectivity index (χ1n) is 10.0. The molecular formula is C21H32ClN3O4. The van der Waals surface area contributed by atoms with Crippen LogP contribution in [0, 0.1) is 17.8 Å². The Kier molecular flexibility index (Phi) is 11.7. The molecule has 1 aliphatic carbocycles. The monoisotopic (exact) mass is 425 g/mol. The van der Waals surface area contributed by atoms with Crippen molar-refractivity contribution in [3.63, 3.8) is 0 Å². The number of unbranched alkanes of at least 4 members (excludes halogenated alkanes) is 1. The highest BCUT2D eigenvalue weighted by atomic mass is 35.5. The number of aliphatic hydroxyl groups is 2. The SMILES string of the molecule is C/C(Cl)=C/CC(C)[C@H](O)/C=C/[C@@H]1[C@@H](C/C=C\CCCC(=O)O)[C@@H](N=[N+]=[N-])C[C@H]1O. The van der Waals surface area contributed by atoms with Crippen molar-refractivity contribution in [2.24, 2.45) is 22.9 Å². The van der Waals surface area contributed by atoms with Gasteiger partial charge in [0.05, 0.1) is 12.2 Å². The molecule has 0 aromatic carbocycles. The van der Waals surface area contributed by atoms with E-state index in [1.54, 1.807) is 13.0 Å². The Labute approximate surface area is 177 Å². The van der Waals surface area contributed by atoms with Crippen LogP contribution in [0.5, 0.6) is 0 Å². The second-order valence-corrected chi connectivity index (χ2v) is 8.29. The van der Waals surface area contributed by atoms with E-state index in [1.807, 2.05) is 31.2 Å². The Morgan fingerprint density at radius 3 is 2.76 bits per heavy atom. The smallest absolute Gasteiger partial charge is 0.303 e. The van der Waals surface area contributed by atoms with Crippen molar-refractivity contribution < 1.29 is 20.1 Å². The average molecular weight is 426 g/mol. The third-order valence-corrected chi connectivity index (χ3v) is 5.49. The molecule has 0 amide bonds. The van der Waals surface area contributed by atoms with E-state index in [4.69, 9.17) is 22.2 Å². The number of allylic oxidation sites excluding steroid dienone is 4. The zero-order valence-corrected chi connectivity index (χ0v) is 17.8. The lowest BCUT2D eigenvalue weighted by Crippen LogP contribution is -2.21. The van der Waals surface area contributed by atoms with Gasteiger partial charge < -0.3 is 15.3 Å². The summed E-state index contributed by atoms with van der Waals surface area (Å²) in [4.78, 5) is 13.5. The fraction of sp³-hybridized carbons (Fsp3) is 0.667. The van der Waals surface area contributed by atoms with Crippen molar-refractivity contribution in [1.29, 1.82) is 0 Å². The van der Waals surface area contributed by atoms with E-state index in [2.05, 4.69) is 10.0 Å². The summed E-state index contributed by atoms with van der Waals surface area (Å²) >= 11 is 5.84. The molecule has 0 heterocycles. The maximum absolute atomic E-state index is 10.5. The van der Waals surface area contributed by atoms with Crippen LogP contribution in [-0.2, 0) is 4.79 Å². The molecule has 29 heavy (non-hydrogen) atoms. The molecule has 0 aromatic heterocycles. The summed E-state index contributed by atoms with van der Waals surface area (Å²) in [5, 5.41) is 34.0. The van der Waals surface area contributed by atoms with Crippen molar-refractivity contribution in [3.05, 3.63) is 45.9 Å². The van der Waals surface area contributed by atoms with Crippen LogP contribution >= 0.6 is 11.6 Å². The highest BCUT2D eigenvalue weighted by molar-refractivity contribution is 6.29. The van der Waals surface area contributed by atoms with Crippen molar-refractivity contribution >= 4 is 17.6 Å². The van der Waals surface area contributed by atoms with Gasteiger partial charge in [-0.15, -0.1) is 0 Å². The van der Waals surface area contributed by atoms with Crippen LogP contribution in [-0.4, -0.2) is 39.5 Å². The average Bonchev–Trinajstić information content (AvgIpc) is 2.95. The zero-order valence-electron chi connectivity index (χ0n) is 17.1. The van der Waals surface area contributed by atoms with Gasteiger partial charge in [-0.25, -0.2) is 0 Å². The Balaban J connectivity index is 2.75. The molecule has 8 heteroatoms.